The summed E-state index contributed by atoms with van der Waals surface area (Å²) in [6.07, 6.45) is 4.08. The highest BCUT2D eigenvalue weighted by molar-refractivity contribution is 5.67. The molecule has 0 aromatic heterocycles. The highest BCUT2D eigenvalue weighted by atomic mass is 16.6. The van der Waals surface area contributed by atoms with E-state index in [9.17, 15) is 10.1 Å². The topological polar surface area (TPSA) is 58.9 Å². The van der Waals surface area contributed by atoms with E-state index in [-0.39, 0.29) is 10.6 Å². The maximum Gasteiger partial charge on any atom is 0.292 e. The van der Waals surface area contributed by atoms with Crippen molar-refractivity contribution in [2.75, 3.05) is 37.6 Å². The Morgan fingerprint density at radius 1 is 1.19 bits per heavy atom. The Morgan fingerprint density at radius 3 is 2.46 bits per heavy atom. The normalized spacial score (nSPS) is 25.4. The van der Waals surface area contributed by atoms with Crippen LogP contribution in [0.2, 0.25) is 0 Å². The molecular weight excluding hydrogens is 330 g/mol. The van der Waals surface area contributed by atoms with Crippen LogP contribution in [0.25, 0.3) is 0 Å². The van der Waals surface area contributed by atoms with E-state index in [2.05, 4.69) is 23.6 Å². The number of anilines is 1. The van der Waals surface area contributed by atoms with Crippen LogP contribution < -0.4 is 4.90 Å². The minimum atomic E-state index is -0.255. The van der Waals surface area contributed by atoms with Gasteiger partial charge in [-0.15, -0.1) is 0 Å². The summed E-state index contributed by atoms with van der Waals surface area (Å²) in [6, 6.07) is 5.36. The van der Waals surface area contributed by atoms with Gasteiger partial charge in [-0.1, -0.05) is 12.1 Å². The van der Waals surface area contributed by atoms with Gasteiger partial charge in [0.05, 0.1) is 17.1 Å². The van der Waals surface area contributed by atoms with Gasteiger partial charge in [-0.25, -0.2) is 0 Å². The van der Waals surface area contributed by atoms with E-state index in [4.69, 9.17) is 4.74 Å². The molecule has 1 aromatic carbocycles. The number of morpholine rings is 1. The Kier molecular flexibility index (Phi) is 6.14. The quantitative estimate of drug-likeness (QED) is 0.592. The Morgan fingerprint density at radius 2 is 1.85 bits per heavy atom. The molecule has 0 saturated carbocycles. The number of nitro groups is 1. The molecule has 6 nitrogen and oxygen atoms in total. The molecule has 0 aliphatic carbocycles. The third-order valence-electron chi connectivity index (χ3n) is 5.69. The summed E-state index contributed by atoms with van der Waals surface area (Å²) < 4.78 is 5.81. The Balaban J connectivity index is 1.53. The van der Waals surface area contributed by atoms with Crippen molar-refractivity contribution >= 4 is 11.4 Å². The van der Waals surface area contributed by atoms with E-state index in [1.165, 1.54) is 6.42 Å². The molecule has 0 spiro atoms. The van der Waals surface area contributed by atoms with Crippen molar-refractivity contribution in [3.63, 3.8) is 0 Å². The molecule has 0 radical (unpaired) electrons. The van der Waals surface area contributed by atoms with Crippen molar-refractivity contribution in [1.29, 1.82) is 0 Å². The Bertz CT molecular complexity index is 619. The predicted octanol–water partition coefficient (Wildman–Crippen LogP) is 3.62. The first-order valence-corrected chi connectivity index (χ1v) is 9.80. The van der Waals surface area contributed by atoms with Crippen molar-refractivity contribution in [3.8, 4) is 0 Å². The van der Waals surface area contributed by atoms with Crippen molar-refractivity contribution in [2.24, 2.45) is 5.92 Å². The van der Waals surface area contributed by atoms with Gasteiger partial charge in [-0.2, -0.15) is 0 Å². The lowest BCUT2D eigenvalue weighted by molar-refractivity contribution is -0.384. The molecule has 2 saturated heterocycles. The van der Waals surface area contributed by atoms with Crippen LogP contribution in [-0.2, 0) is 4.74 Å². The first kappa shape index (κ1) is 19.1. The molecular formula is C20H31N3O3. The third kappa shape index (κ3) is 4.54. The van der Waals surface area contributed by atoms with Crippen LogP contribution in [0.1, 0.15) is 38.7 Å². The second kappa shape index (κ2) is 8.35. The molecule has 2 aliphatic rings. The van der Waals surface area contributed by atoms with E-state index in [0.717, 1.165) is 56.8 Å². The van der Waals surface area contributed by atoms with Gasteiger partial charge in [0, 0.05) is 32.2 Å². The molecule has 6 heteroatoms. The summed E-state index contributed by atoms with van der Waals surface area (Å²) >= 11 is 0. The summed E-state index contributed by atoms with van der Waals surface area (Å²) in [4.78, 5) is 15.9. The van der Waals surface area contributed by atoms with Gasteiger partial charge in [-0.05, 0) is 58.1 Å². The number of aryl methyl sites for hydroxylation is 1. The average molecular weight is 361 g/mol. The van der Waals surface area contributed by atoms with Crippen molar-refractivity contribution in [3.05, 3.63) is 33.9 Å². The zero-order chi connectivity index (χ0) is 18.7. The van der Waals surface area contributed by atoms with Crippen LogP contribution in [-0.4, -0.2) is 54.8 Å². The first-order valence-electron chi connectivity index (χ1n) is 9.80. The zero-order valence-corrected chi connectivity index (χ0v) is 16.2. The van der Waals surface area contributed by atoms with Gasteiger partial charge in [-0.3, -0.25) is 15.0 Å². The lowest BCUT2D eigenvalue weighted by atomic mass is 9.92. The van der Waals surface area contributed by atoms with Crippen LogP contribution in [0.5, 0.6) is 0 Å². The van der Waals surface area contributed by atoms with Gasteiger partial charge in [0.1, 0.15) is 5.69 Å². The highest BCUT2D eigenvalue weighted by Crippen LogP contribution is 2.34. The van der Waals surface area contributed by atoms with Crippen molar-refractivity contribution in [1.82, 2.24) is 4.90 Å². The molecule has 0 N–H and O–H groups in total. The number of hydrogen-bond donors (Lipinski definition) is 0. The molecule has 2 fully saturated rings. The number of benzene rings is 1. The monoisotopic (exact) mass is 361 g/mol. The second-order valence-corrected chi connectivity index (χ2v) is 7.94. The van der Waals surface area contributed by atoms with E-state index in [1.54, 1.807) is 12.1 Å². The third-order valence-corrected chi connectivity index (χ3v) is 5.69. The molecule has 1 aromatic rings. The molecule has 2 heterocycles. The molecule has 26 heavy (non-hydrogen) atoms. The zero-order valence-electron chi connectivity index (χ0n) is 16.2. The van der Waals surface area contributed by atoms with E-state index >= 15 is 0 Å². The fourth-order valence-corrected chi connectivity index (χ4v) is 4.48. The van der Waals surface area contributed by atoms with E-state index in [1.807, 2.05) is 13.0 Å². The number of hydrogen-bond acceptors (Lipinski definition) is 5. The van der Waals surface area contributed by atoms with Gasteiger partial charge < -0.3 is 9.64 Å². The lowest BCUT2D eigenvalue weighted by Gasteiger charge is -2.38. The van der Waals surface area contributed by atoms with Crippen LogP contribution >= 0.6 is 0 Å². The largest absolute Gasteiger partial charge is 0.373 e. The molecule has 2 atom stereocenters. The SMILES string of the molecule is Cc1cccc([N+](=O)[O-])c1N1CCC(CCN2CC(C)OC(C)C2)CC1. The van der Waals surface area contributed by atoms with Crippen LogP contribution in [0.3, 0.4) is 0 Å². The molecule has 0 amide bonds. The van der Waals surface area contributed by atoms with Crippen LogP contribution in [0.15, 0.2) is 18.2 Å². The summed E-state index contributed by atoms with van der Waals surface area (Å²) in [5, 5.41) is 11.4. The first-order chi connectivity index (χ1) is 12.4. The van der Waals surface area contributed by atoms with Crippen LogP contribution in [0, 0.1) is 23.0 Å². The minimum Gasteiger partial charge on any atom is -0.373 e. The highest BCUT2D eigenvalue weighted by Gasteiger charge is 2.27. The minimum absolute atomic E-state index is 0.236. The number of ether oxygens (including phenoxy) is 1. The number of nitro benzene ring substituents is 1. The fourth-order valence-electron chi connectivity index (χ4n) is 4.48. The summed E-state index contributed by atoms with van der Waals surface area (Å²) in [6.45, 7) is 11.3. The lowest BCUT2D eigenvalue weighted by Crippen LogP contribution is -2.46. The van der Waals surface area contributed by atoms with E-state index < -0.39 is 0 Å². The van der Waals surface area contributed by atoms with Gasteiger partial charge in [0.15, 0.2) is 0 Å². The molecule has 0 bridgehead atoms. The maximum atomic E-state index is 11.4. The maximum absolute atomic E-state index is 11.4. The number of nitrogens with zero attached hydrogens (tertiary/aromatic N) is 3. The summed E-state index contributed by atoms with van der Waals surface area (Å²) in [5.41, 5.74) is 2.04. The van der Waals surface area contributed by atoms with Gasteiger partial charge in [0.25, 0.3) is 5.69 Å². The smallest absolute Gasteiger partial charge is 0.292 e. The number of rotatable bonds is 5. The predicted molar refractivity (Wildman–Crippen MR) is 104 cm³/mol. The van der Waals surface area contributed by atoms with Crippen LogP contribution in [0.4, 0.5) is 11.4 Å². The second-order valence-electron chi connectivity index (χ2n) is 7.94. The Hall–Kier alpha value is -1.66. The van der Waals surface area contributed by atoms with E-state index in [0.29, 0.717) is 18.1 Å². The Labute approximate surface area is 156 Å². The molecule has 2 aliphatic heterocycles. The standard InChI is InChI=1S/C20H31N3O3/c1-15-5-4-6-19(23(24)25)20(15)22-11-8-18(9-12-22)7-10-21-13-16(2)26-17(3)14-21/h4-6,16-18H,7-14H2,1-3H3. The molecule has 144 valence electrons. The number of piperidine rings is 1. The molecule has 2 unspecified atom stereocenters. The molecule has 3 rings (SSSR count). The number of para-hydroxylation sites is 1. The van der Waals surface area contributed by atoms with Gasteiger partial charge >= 0.3 is 0 Å². The fraction of sp³-hybridized carbons (Fsp3) is 0.700. The van der Waals surface area contributed by atoms with Gasteiger partial charge in [0.2, 0.25) is 0 Å². The summed E-state index contributed by atoms with van der Waals surface area (Å²) in [5.74, 6) is 0.711. The average Bonchev–Trinajstić information content (AvgIpc) is 2.59. The van der Waals surface area contributed by atoms with Crippen molar-refractivity contribution < 1.29 is 9.66 Å². The van der Waals surface area contributed by atoms with Crippen molar-refractivity contribution in [2.45, 2.75) is 52.2 Å². The summed E-state index contributed by atoms with van der Waals surface area (Å²) in [7, 11) is 0.